The summed E-state index contributed by atoms with van der Waals surface area (Å²) in [6.45, 7) is 6.74. The molecule has 1 amide bonds. The Hall–Kier alpha value is -4.34. The van der Waals surface area contributed by atoms with Crippen molar-refractivity contribution in [3.05, 3.63) is 69.3 Å². The zero-order chi connectivity index (χ0) is 29.2. The molecule has 1 heterocycles. The Kier molecular flexibility index (Phi) is 10.7. The molecule has 2 N–H and O–H groups in total. The third-order valence-corrected chi connectivity index (χ3v) is 6.26. The van der Waals surface area contributed by atoms with Crippen molar-refractivity contribution < 1.29 is 38.0 Å². The van der Waals surface area contributed by atoms with Gasteiger partial charge in [0, 0.05) is 24.9 Å². The van der Waals surface area contributed by atoms with Crippen LogP contribution in [0.25, 0.3) is 0 Å². The van der Waals surface area contributed by atoms with Crippen molar-refractivity contribution in [2.75, 3.05) is 41.1 Å². The number of benzene rings is 2. The molecule has 216 valence electrons. The third-order valence-electron chi connectivity index (χ3n) is 6.26. The smallest absolute Gasteiger partial charge is 0.343 e. The van der Waals surface area contributed by atoms with Gasteiger partial charge in [0.15, 0.2) is 23.0 Å². The van der Waals surface area contributed by atoms with Crippen LogP contribution in [-0.4, -0.2) is 52.1 Å². The van der Waals surface area contributed by atoms with Crippen molar-refractivity contribution in [2.24, 2.45) is 0 Å². The van der Waals surface area contributed by atoms with Crippen molar-refractivity contribution in [3.8, 4) is 34.5 Å². The monoisotopic (exact) mass is 555 g/mol. The predicted molar refractivity (Wildman–Crippen MR) is 149 cm³/mol. The molecule has 0 saturated heterocycles. The number of hydrogen-bond acceptors (Lipinski definition) is 9. The highest BCUT2D eigenvalue weighted by molar-refractivity contribution is 5.78. The largest absolute Gasteiger partial charge is 0.507 e. The van der Waals surface area contributed by atoms with E-state index in [9.17, 15) is 14.7 Å². The summed E-state index contributed by atoms with van der Waals surface area (Å²) in [6.07, 6.45) is 0.401. The molecule has 0 radical (unpaired) electrons. The van der Waals surface area contributed by atoms with Crippen molar-refractivity contribution in [3.63, 3.8) is 0 Å². The lowest BCUT2D eigenvalue weighted by molar-refractivity contribution is -0.121. The number of hydrogen-bond donors (Lipinski definition) is 2. The van der Waals surface area contributed by atoms with Gasteiger partial charge in [-0.1, -0.05) is 6.07 Å². The minimum atomic E-state index is -0.861. The molecule has 10 heteroatoms. The lowest BCUT2D eigenvalue weighted by atomic mass is 9.88. The Morgan fingerprint density at radius 2 is 1.57 bits per heavy atom. The predicted octanol–water partition coefficient (Wildman–Crippen LogP) is 4.36. The van der Waals surface area contributed by atoms with Gasteiger partial charge in [0.25, 0.3) is 0 Å². The first-order valence-corrected chi connectivity index (χ1v) is 13.0. The maximum atomic E-state index is 13.2. The molecule has 0 unspecified atom stereocenters. The molecule has 1 atom stereocenters. The molecule has 3 rings (SSSR count). The summed E-state index contributed by atoms with van der Waals surface area (Å²) in [5, 5.41) is 13.6. The number of methoxy groups -OCH3 is 3. The lowest BCUT2D eigenvalue weighted by Gasteiger charge is -2.21. The highest BCUT2D eigenvalue weighted by Gasteiger charge is 2.28. The number of carbonyl (C=O) groups excluding carboxylic acids is 1. The Labute approximate surface area is 233 Å². The number of rotatable bonds is 14. The van der Waals surface area contributed by atoms with E-state index >= 15 is 0 Å². The van der Waals surface area contributed by atoms with Crippen LogP contribution < -0.4 is 34.6 Å². The first-order valence-electron chi connectivity index (χ1n) is 13.0. The van der Waals surface area contributed by atoms with E-state index in [1.807, 2.05) is 32.0 Å². The molecule has 3 aromatic rings. The fraction of sp³-hybridized carbons (Fsp3) is 0.400. The first-order chi connectivity index (χ1) is 19.3. The van der Waals surface area contributed by atoms with Crippen LogP contribution >= 0.6 is 0 Å². The van der Waals surface area contributed by atoms with E-state index < -0.39 is 11.5 Å². The minimum Gasteiger partial charge on any atom is -0.507 e. The standard InChI is InChI=1S/C30H37NO9/c1-7-38-23-10-9-19(14-24(23)39-8-2)11-12-31-27(33)17-21(28-22(32)13-18(3)40-30(28)34)20-15-25(35-4)29(37-6)26(16-20)36-5/h9-10,13-16,21,32H,7-8,11-12,17H2,1-6H3,(H,31,33)/t21-/m1/s1. The van der Waals surface area contributed by atoms with E-state index in [0.717, 1.165) is 5.56 Å². The second kappa shape index (κ2) is 14.2. The van der Waals surface area contributed by atoms with E-state index in [0.29, 0.717) is 60.5 Å². The quantitative estimate of drug-likeness (QED) is 0.298. The number of nitrogens with one attached hydrogen (secondary N) is 1. The molecule has 0 aliphatic rings. The van der Waals surface area contributed by atoms with Crippen LogP contribution in [0.5, 0.6) is 34.5 Å². The summed E-state index contributed by atoms with van der Waals surface area (Å²) >= 11 is 0. The number of ether oxygens (including phenoxy) is 5. The maximum Gasteiger partial charge on any atom is 0.343 e. The fourth-order valence-electron chi connectivity index (χ4n) is 4.47. The van der Waals surface area contributed by atoms with Gasteiger partial charge in [-0.25, -0.2) is 4.79 Å². The lowest BCUT2D eigenvalue weighted by Crippen LogP contribution is -2.28. The van der Waals surface area contributed by atoms with E-state index in [1.54, 1.807) is 19.1 Å². The third kappa shape index (κ3) is 7.19. The second-order valence-electron chi connectivity index (χ2n) is 8.91. The summed E-state index contributed by atoms with van der Waals surface area (Å²) in [5.41, 5.74) is 0.693. The zero-order valence-electron chi connectivity index (χ0n) is 23.8. The van der Waals surface area contributed by atoms with Crippen LogP contribution in [0, 0.1) is 6.92 Å². The summed E-state index contributed by atoms with van der Waals surface area (Å²) in [7, 11) is 4.42. The highest BCUT2D eigenvalue weighted by Crippen LogP contribution is 2.43. The van der Waals surface area contributed by atoms with Crippen LogP contribution in [0.3, 0.4) is 0 Å². The van der Waals surface area contributed by atoms with Gasteiger partial charge in [-0.05, 0) is 62.6 Å². The number of aryl methyl sites for hydroxylation is 1. The molecule has 0 fully saturated rings. The van der Waals surface area contributed by atoms with Crippen molar-refractivity contribution in [1.29, 1.82) is 0 Å². The average molecular weight is 556 g/mol. The normalized spacial score (nSPS) is 11.4. The van der Waals surface area contributed by atoms with Crippen molar-refractivity contribution in [1.82, 2.24) is 5.32 Å². The van der Waals surface area contributed by atoms with Gasteiger partial charge in [-0.15, -0.1) is 0 Å². The Balaban J connectivity index is 1.87. The van der Waals surface area contributed by atoms with Crippen LogP contribution in [0.1, 0.15) is 48.6 Å². The molecule has 0 saturated carbocycles. The molecule has 0 spiro atoms. The summed E-state index contributed by atoms with van der Waals surface area (Å²) < 4.78 is 32.9. The summed E-state index contributed by atoms with van der Waals surface area (Å²) in [5.74, 6) is 1.17. The van der Waals surface area contributed by atoms with E-state index in [2.05, 4.69) is 5.32 Å². The van der Waals surface area contributed by atoms with Gasteiger partial charge in [0.1, 0.15) is 11.5 Å². The van der Waals surface area contributed by atoms with E-state index in [-0.39, 0.29) is 29.4 Å². The van der Waals surface area contributed by atoms with Gasteiger partial charge in [-0.3, -0.25) is 4.79 Å². The summed E-state index contributed by atoms with van der Waals surface area (Å²) in [4.78, 5) is 26.0. The average Bonchev–Trinajstić information content (AvgIpc) is 2.92. The van der Waals surface area contributed by atoms with Crippen molar-refractivity contribution in [2.45, 2.75) is 39.5 Å². The van der Waals surface area contributed by atoms with Crippen LogP contribution in [0.2, 0.25) is 0 Å². The van der Waals surface area contributed by atoms with Crippen LogP contribution in [-0.2, 0) is 11.2 Å². The number of carbonyl (C=O) groups is 1. The Bertz CT molecular complexity index is 1340. The first kappa shape index (κ1) is 30.2. The highest BCUT2D eigenvalue weighted by atomic mass is 16.5. The number of aromatic hydroxyl groups is 1. The van der Waals surface area contributed by atoms with Crippen LogP contribution in [0.15, 0.2) is 45.6 Å². The van der Waals surface area contributed by atoms with Gasteiger partial charge in [0.05, 0.1) is 40.1 Å². The molecule has 40 heavy (non-hydrogen) atoms. The van der Waals surface area contributed by atoms with E-state index in [4.69, 9.17) is 28.1 Å². The molecule has 0 bridgehead atoms. The molecular formula is C30H37NO9. The van der Waals surface area contributed by atoms with E-state index in [1.165, 1.54) is 27.4 Å². The molecule has 1 aromatic heterocycles. The van der Waals surface area contributed by atoms with Gasteiger partial charge < -0.3 is 38.5 Å². The van der Waals surface area contributed by atoms with Gasteiger partial charge in [-0.2, -0.15) is 0 Å². The van der Waals surface area contributed by atoms with Gasteiger partial charge in [0.2, 0.25) is 11.7 Å². The molecule has 0 aliphatic carbocycles. The molecule has 10 nitrogen and oxygen atoms in total. The topological polar surface area (TPSA) is 126 Å². The maximum absolute atomic E-state index is 13.2. The minimum absolute atomic E-state index is 0.0390. The molecule has 2 aromatic carbocycles. The van der Waals surface area contributed by atoms with Gasteiger partial charge >= 0.3 is 5.63 Å². The Morgan fingerprint density at radius 1 is 0.925 bits per heavy atom. The fourth-order valence-corrected chi connectivity index (χ4v) is 4.47. The molecular weight excluding hydrogens is 518 g/mol. The SMILES string of the molecule is CCOc1ccc(CCNC(=O)C[C@H](c2cc(OC)c(OC)c(OC)c2)c2c(O)cc(C)oc2=O)cc1OCC. The second-order valence-corrected chi connectivity index (χ2v) is 8.91. The van der Waals surface area contributed by atoms with Crippen molar-refractivity contribution >= 4 is 5.91 Å². The Morgan fingerprint density at radius 3 is 2.15 bits per heavy atom. The van der Waals surface area contributed by atoms with Crippen LogP contribution in [0.4, 0.5) is 0 Å². The zero-order valence-corrected chi connectivity index (χ0v) is 23.8. The number of amides is 1. The molecule has 0 aliphatic heterocycles. The summed E-state index contributed by atoms with van der Waals surface area (Å²) in [6, 6.07) is 10.3.